The third kappa shape index (κ3) is 3.06. The number of ether oxygens (including phenoxy) is 1. The number of nitrogens with one attached hydrogen (secondary N) is 2. The van der Waals surface area contributed by atoms with Crippen molar-refractivity contribution in [2.75, 3.05) is 16.8 Å². The van der Waals surface area contributed by atoms with Gasteiger partial charge in [0, 0.05) is 11.6 Å². The van der Waals surface area contributed by atoms with E-state index in [1.807, 2.05) is 29.8 Å². The van der Waals surface area contributed by atoms with Gasteiger partial charge in [-0.3, -0.25) is 14.5 Å². The highest BCUT2D eigenvalue weighted by Gasteiger charge is 2.32. The molecule has 0 radical (unpaired) electrons. The van der Waals surface area contributed by atoms with Crippen LogP contribution in [-0.4, -0.2) is 34.4 Å². The molecule has 0 spiro atoms. The second kappa shape index (κ2) is 6.64. The molecule has 3 heterocycles. The molecule has 7 nitrogen and oxygen atoms in total. The van der Waals surface area contributed by atoms with E-state index in [0.717, 1.165) is 11.4 Å². The van der Waals surface area contributed by atoms with Crippen LogP contribution in [-0.2, 0) is 9.59 Å². The minimum Gasteiger partial charge on any atom is -0.479 e. The smallest absolute Gasteiger partial charge is 0.268 e. The molecule has 1 aliphatic heterocycles. The quantitative estimate of drug-likeness (QED) is 0.741. The molecule has 1 aromatic carbocycles. The summed E-state index contributed by atoms with van der Waals surface area (Å²) in [6, 6.07) is 11.0. The van der Waals surface area contributed by atoms with Gasteiger partial charge in [0.25, 0.3) is 5.91 Å². The second-order valence-electron chi connectivity index (χ2n) is 5.82. The molecule has 1 aliphatic rings. The summed E-state index contributed by atoms with van der Waals surface area (Å²) in [5.74, 6) is 0.0374. The number of amides is 2. The van der Waals surface area contributed by atoms with Crippen molar-refractivity contribution in [2.24, 2.45) is 0 Å². The van der Waals surface area contributed by atoms with Gasteiger partial charge in [0.15, 0.2) is 11.2 Å². The number of H-pyrrole nitrogens is 1. The summed E-state index contributed by atoms with van der Waals surface area (Å²) in [6.07, 6.45) is 1.19. The van der Waals surface area contributed by atoms with E-state index >= 15 is 0 Å². The largest absolute Gasteiger partial charge is 0.479 e. The van der Waals surface area contributed by atoms with E-state index in [0.29, 0.717) is 16.6 Å². The summed E-state index contributed by atoms with van der Waals surface area (Å²) in [5.41, 5.74) is 2.24. The van der Waals surface area contributed by atoms with E-state index in [1.165, 1.54) is 16.2 Å². The topological polar surface area (TPSA) is 87.3 Å². The number of hydrogen-bond donors (Lipinski definition) is 2. The van der Waals surface area contributed by atoms with E-state index in [9.17, 15) is 9.59 Å². The maximum absolute atomic E-state index is 12.5. The van der Waals surface area contributed by atoms with Crippen molar-refractivity contribution in [3.8, 4) is 17.1 Å². The van der Waals surface area contributed by atoms with Gasteiger partial charge in [0.2, 0.25) is 5.91 Å². The first-order valence-electron chi connectivity index (χ1n) is 8.08. The van der Waals surface area contributed by atoms with Crippen LogP contribution in [0.5, 0.6) is 5.75 Å². The Morgan fingerprint density at radius 1 is 1.35 bits per heavy atom. The lowest BCUT2D eigenvalue weighted by atomic mass is 10.2. The summed E-state index contributed by atoms with van der Waals surface area (Å²) < 4.78 is 5.58. The van der Waals surface area contributed by atoms with Crippen LogP contribution in [0, 0.1) is 0 Å². The van der Waals surface area contributed by atoms with E-state index < -0.39 is 6.10 Å². The Bertz CT molecular complexity index is 951. The van der Waals surface area contributed by atoms with Crippen molar-refractivity contribution in [3.63, 3.8) is 0 Å². The first-order chi connectivity index (χ1) is 12.6. The molecule has 0 aliphatic carbocycles. The van der Waals surface area contributed by atoms with Gasteiger partial charge in [-0.25, -0.2) is 4.98 Å². The maximum Gasteiger partial charge on any atom is 0.268 e. The van der Waals surface area contributed by atoms with Crippen molar-refractivity contribution >= 4 is 34.0 Å². The Morgan fingerprint density at radius 2 is 2.19 bits per heavy atom. The summed E-state index contributed by atoms with van der Waals surface area (Å²) in [5, 5.41) is 5.11. The lowest BCUT2D eigenvalue weighted by molar-refractivity contribution is -0.127. The van der Waals surface area contributed by atoms with Gasteiger partial charge in [-0.1, -0.05) is 12.1 Å². The minimum atomic E-state index is -0.628. The fourth-order valence-corrected chi connectivity index (χ4v) is 3.50. The van der Waals surface area contributed by atoms with Crippen LogP contribution in [0.2, 0.25) is 0 Å². The molecule has 3 aromatic rings. The van der Waals surface area contributed by atoms with Crippen LogP contribution in [0.15, 0.2) is 48.0 Å². The Morgan fingerprint density at radius 3 is 3.00 bits per heavy atom. The third-order valence-electron chi connectivity index (χ3n) is 4.00. The third-order valence-corrected chi connectivity index (χ3v) is 4.76. The van der Waals surface area contributed by atoms with Crippen molar-refractivity contribution < 1.29 is 14.3 Å². The average Bonchev–Trinajstić information content (AvgIpc) is 3.30. The van der Waals surface area contributed by atoms with Crippen LogP contribution >= 0.6 is 11.3 Å². The van der Waals surface area contributed by atoms with E-state index in [-0.39, 0.29) is 18.4 Å². The standard InChI is InChI=1S/C18H16N4O3S/c1-11-17(24)22(14-6-2-3-7-15(14)25-11)9-16(23)21-18-20-13(10-26-18)12-5-4-8-19-12/h2-8,10-11,19H,9H2,1H3,(H,20,21,23)/t11-/m1/s1. The predicted octanol–water partition coefficient (Wildman–Crippen LogP) is 2.89. The van der Waals surface area contributed by atoms with Gasteiger partial charge in [0.1, 0.15) is 12.3 Å². The fourth-order valence-electron chi connectivity index (χ4n) is 2.77. The zero-order chi connectivity index (χ0) is 18.1. The van der Waals surface area contributed by atoms with Crippen LogP contribution < -0.4 is 15.0 Å². The Hall–Kier alpha value is -3.13. The number of aromatic nitrogens is 2. The molecule has 1 atom stereocenters. The number of rotatable bonds is 4. The van der Waals surface area contributed by atoms with Gasteiger partial charge in [0.05, 0.1) is 17.1 Å². The highest BCUT2D eigenvalue weighted by atomic mass is 32.1. The van der Waals surface area contributed by atoms with Gasteiger partial charge in [-0.2, -0.15) is 0 Å². The molecule has 4 rings (SSSR count). The molecular formula is C18H16N4O3S. The van der Waals surface area contributed by atoms with Crippen molar-refractivity contribution in [3.05, 3.63) is 48.0 Å². The van der Waals surface area contributed by atoms with Crippen molar-refractivity contribution in [2.45, 2.75) is 13.0 Å². The van der Waals surface area contributed by atoms with E-state index in [4.69, 9.17) is 4.74 Å². The SMILES string of the molecule is C[C@H]1Oc2ccccc2N(CC(=O)Nc2nc(-c3ccc[nH]3)cs2)C1=O. The summed E-state index contributed by atoms with van der Waals surface area (Å²) in [6.45, 7) is 1.58. The Kier molecular flexibility index (Phi) is 4.18. The number of nitrogens with zero attached hydrogens (tertiary/aromatic N) is 2. The average molecular weight is 368 g/mol. The van der Waals surface area contributed by atoms with E-state index in [1.54, 1.807) is 25.1 Å². The summed E-state index contributed by atoms with van der Waals surface area (Å²) in [4.78, 5) is 33.8. The van der Waals surface area contributed by atoms with E-state index in [2.05, 4.69) is 15.3 Å². The number of fused-ring (bicyclic) bond motifs is 1. The van der Waals surface area contributed by atoms with Gasteiger partial charge in [-0.15, -0.1) is 11.3 Å². The van der Waals surface area contributed by atoms with Crippen molar-refractivity contribution in [1.29, 1.82) is 0 Å². The molecular weight excluding hydrogens is 352 g/mol. The Labute approximate surface area is 153 Å². The monoisotopic (exact) mass is 368 g/mol. The highest BCUT2D eigenvalue weighted by molar-refractivity contribution is 7.14. The lowest BCUT2D eigenvalue weighted by Crippen LogP contribution is -2.47. The van der Waals surface area contributed by atoms with Crippen molar-refractivity contribution in [1.82, 2.24) is 9.97 Å². The number of carbonyl (C=O) groups is 2. The molecule has 0 bridgehead atoms. The number of hydrogen-bond acceptors (Lipinski definition) is 5. The molecule has 2 N–H and O–H groups in total. The summed E-state index contributed by atoms with van der Waals surface area (Å²) >= 11 is 1.33. The predicted molar refractivity (Wildman–Crippen MR) is 99.4 cm³/mol. The normalized spacial score (nSPS) is 16.1. The summed E-state index contributed by atoms with van der Waals surface area (Å²) in [7, 11) is 0. The van der Waals surface area contributed by atoms with Crippen LogP contribution in [0.3, 0.4) is 0 Å². The minimum absolute atomic E-state index is 0.0963. The molecule has 2 aromatic heterocycles. The van der Waals surface area contributed by atoms with Gasteiger partial charge in [-0.05, 0) is 31.2 Å². The van der Waals surface area contributed by atoms with Gasteiger partial charge >= 0.3 is 0 Å². The number of para-hydroxylation sites is 2. The van der Waals surface area contributed by atoms with Crippen LogP contribution in [0.1, 0.15) is 6.92 Å². The molecule has 0 saturated carbocycles. The maximum atomic E-state index is 12.5. The molecule has 8 heteroatoms. The highest BCUT2D eigenvalue weighted by Crippen LogP contribution is 2.33. The first kappa shape index (κ1) is 16.3. The first-order valence-corrected chi connectivity index (χ1v) is 8.96. The molecule has 0 unspecified atom stereocenters. The fraction of sp³-hybridized carbons (Fsp3) is 0.167. The molecule has 132 valence electrons. The number of thiazole rings is 1. The number of benzene rings is 1. The zero-order valence-corrected chi connectivity index (χ0v) is 14.7. The molecule has 2 amide bonds. The number of anilines is 2. The number of aromatic amines is 1. The van der Waals surface area contributed by atoms with Crippen LogP contribution in [0.4, 0.5) is 10.8 Å². The molecule has 0 saturated heterocycles. The molecule has 0 fully saturated rings. The Balaban J connectivity index is 1.49. The number of carbonyl (C=O) groups excluding carboxylic acids is 2. The second-order valence-corrected chi connectivity index (χ2v) is 6.68. The molecule has 26 heavy (non-hydrogen) atoms. The zero-order valence-electron chi connectivity index (χ0n) is 13.9. The van der Waals surface area contributed by atoms with Gasteiger partial charge < -0.3 is 15.0 Å². The lowest BCUT2D eigenvalue weighted by Gasteiger charge is -2.32. The van der Waals surface area contributed by atoms with Crippen LogP contribution in [0.25, 0.3) is 11.4 Å².